The molecular weight excluding hydrogens is 346 g/mol. The van der Waals surface area contributed by atoms with Crippen molar-refractivity contribution < 1.29 is 13.5 Å². The molecule has 1 heterocycles. The number of aromatic nitrogens is 2. The molecule has 4 aromatic rings. The van der Waals surface area contributed by atoms with Gasteiger partial charge in [-0.25, -0.2) is 13.8 Å². The standard InChI is InChI=1S/C22H18F2N2O/c1-14(22-25-20-4-2-3-5-21(20)26-22)15-6-9-18(10-7-15)27-13-16-12-17(23)8-11-19(16)24/h2-12,14H,13H2,1H3,(H,25,26). The molecule has 0 radical (unpaired) electrons. The molecule has 1 unspecified atom stereocenters. The Hall–Kier alpha value is -3.21. The second-order valence-corrected chi connectivity index (χ2v) is 6.45. The normalized spacial score (nSPS) is 12.3. The third kappa shape index (κ3) is 3.67. The topological polar surface area (TPSA) is 37.9 Å². The second kappa shape index (κ2) is 7.19. The first-order chi connectivity index (χ1) is 13.1. The number of aromatic amines is 1. The maximum atomic E-state index is 13.7. The molecule has 0 fully saturated rings. The average molecular weight is 364 g/mol. The van der Waals surface area contributed by atoms with Crippen LogP contribution in [-0.2, 0) is 6.61 Å². The van der Waals surface area contributed by atoms with Crippen molar-refractivity contribution >= 4 is 11.0 Å². The van der Waals surface area contributed by atoms with E-state index in [1.807, 2.05) is 48.5 Å². The summed E-state index contributed by atoms with van der Waals surface area (Å²) >= 11 is 0. The van der Waals surface area contributed by atoms with Gasteiger partial charge in [-0.3, -0.25) is 0 Å². The molecule has 0 bridgehead atoms. The van der Waals surface area contributed by atoms with E-state index in [1.165, 1.54) is 0 Å². The Morgan fingerprint density at radius 2 is 1.78 bits per heavy atom. The largest absolute Gasteiger partial charge is 0.489 e. The molecule has 1 atom stereocenters. The second-order valence-electron chi connectivity index (χ2n) is 6.45. The lowest BCUT2D eigenvalue weighted by molar-refractivity contribution is 0.299. The van der Waals surface area contributed by atoms with Gasteiger partial charge in [0, 0.05) is 11.5 Å². The summed E-state index contributed by atoms with van der Waals surface area (Å²) in [6.45, 7) is 2.05. The minimum Gasteiger partial charge on any atom is -0.489 e. The van der Waals surface area contributed by atoms with Crippen LogP contribution in [0, 0.1) is 11.6 Å². The van der Waals surface area contributed by atoms with Crippen molar-refractivity contribution in [2.45, 2.75) is 19.4 Å². The fourth-order valence-corrected chi connectivity index (χ4v) is 3.00. The maximum Gasteiger partial charge on any atom is 0.130 e. The van der Waals surface area contributed by atoms with Crippen molar-refractivity contribution in [3.05, 3.63) is 95.3 Å². The van der Waals surface area contributed by atoms with E-state index in [2.05, 4.69) is 16.9 Å². The highest BCUT2D eigenvalue weighted by Crippen LogP contribution is 2.26. The van der Waals surface area contributed by atoms with Gasteiger partial charge in [-0.1, -0.05) is 31.2 Å². The zero-order valence-corrected chi connectivity index (χ0v) is 14.7. The van der Waals surface area contributed by atoms with Gasteiger partial charge >= 0.3 is 0 Å². The predicted octanol–water partition coefficient (Wildman–Crippen LogP) is 5.57. The molecule has 27 heavy (non-hydrogen) atoms. The number of hydrogen-bond donors (Lipinski definition) is 1. The van der Waals surface area contributed by atoms with Crippen LogP contribution in [0.15, 0.2) is 66.7 Å². The number of benzene rings is 3. The number of halogens is 2. The molecule has 0 saturated carbocycles. The highest BCUT2D eigenvalue weighted by molar-refractivity contribution is 5.75. The number of imidazole rings is 1. The number of rotatable bonds is 5. The van der Waals surface area contributed by atoms with Crippen LogP contribution in [-0.4, -0.2) is 9.97 Å². The van der Waals surface area contributed by atoms with Crippen molar-refractivity contribution in [1.82, 2.24) is 9.97 Å². The molecule has 136 valence electrons. The van der Waals surface area contributed by atoms with E-state index in [1.54, 1.807) is 0 Å². The summed E-state index contributed by atoms with van der Waals surface area (Å²) < 4.78 is 32.5. The van der Waals surface area contributed by atoms with Gasteiger partial charge in [-0.15, -0.1) is 0 Å². The summed E-state index contributed by atoms with van der Waals surface area (Å²) in [5.74, 6) is 0.620. The Morgan fingerprint density at radius 1 is 1.00 bits per heavy atom. The van der Waals surface area contributed by atoms with E-state index in [0.29, 0.717) is 5.75 Å². The number of para-hydroxylation sites is 2. The molecule has 5 heteroatoms. The van der Waals surface area contributed by atoms with E-state index in [4.69, 9.17) is 4.74 Å². The monoisotopic (exact) mass is 364 g/mol. The van der Waals surface area contributed by atoms with Gasteiger partial charge in [0.05, 0.1) is 11.0 Å². The molecule has 3 aromatic carbocycles. The number of nitrogens with one attached hydrogen (secondary N) is 1. The Bertz CT molecular complexity index is 1040. The SMILES string of the molecule is CC(c1ccc(OCc2cc(F)ccc2F)cc1)c1nc2ccccc2[nH]1. The van der Waals surface area contributed by atoms with Crippen LogP contribution in [0.3, 0.4) is 0 Å². The molecule has 0 aliphatic heterocycles. The van der Waals surface area contributed by atoms with Crippen molar-refractivity contribution in [3.63, 3.8) is 0 Å². The molecule has 1 N–H and O–H groups in total. The lowest BCUT2D eigenvalue weighted by Crippen LogP contribution is -2.01. The molecule has 0 saturated heterocycles. The van der Waals surface area contributed by atoms with E-state index < -0.39 is 11.6 Å². The number of H-pyrrole nitrogens is 1. The number of fused-ring (bicyclic) bond motifs is 1. The summed E-state index contributed by atoms with van der Waals surface area (Å²) in [5.41, 5.74) is 3.22. The Balaban J connectivity index is 1.47. The van der Waals surface area contributed by atoms with Gasteiger partial charge in [0.15, 0.2) is 0 Å². The van der Waals surface area contributed by atoms with E-state index in [9.17, 15) is 8.78 Å². The highest BCUT2D eigenvalue weighted by Gasteiger charge is 2.13. The molecule has 3 nitrogen and oxygen atoms in total. The first-order valence-corrected chi connectivity index (χ1v) is 8.71. The van der Waals surface area contributed by atoms with Crippen molar-refractivity contribution in [2.24, 2.45) is 0 Å². The zero-order chi connectivity index (χ0) is 18.8. The van der Waals surface area contributed by atoms with Gasteiger partial charge in [0.1, 0.15) is 29.8 Å². The Kier molecular flexibility index (Phi) is 4.59. The predicted molar refractivity (Wildman–Crippen MR) is 101 cm³/mol. The zero-order valence-electron chi connectivity index (χ0n) is 14.7. The fraction of sp³-hybridized carbons (Fsp3) is 0.136. The fourth-order valence-electron chi connectivity index (χ4n) is 3.00. The third-order valence-electron chi connectivity index (χ3n) is 4.60. The van der Waals surface area contributed by atoms with Crippen LogP contribution in [0.25, 0.3) is 11.0 Å². The van der Waals surface area contributed by atoms with Crippen LogP contribution in [0.5, 0.6) is 5.75 Å². The van der Waals surface area contributed by atoms with E-state index in [-0.39, 0.29) is 18.1 Å². The number of hydrogen-bond acceptors (Lipinski definition) is 2. The van der Waals surface area contributed by atoms with Crippen molar-refractivity contribution in [1.29, 1.82) is 0 Å². The quantitative estimate of drug-likeness (QED) is 0.503. The summed E-state index contributed by atoms with van der Waals surface area (Å²) in [5, 5.41) is 0. The average Bonchev–Trinajstić information content (AvgIpc) is 3.13. The molecule has 0 aliphatic carbocycles. The lowest BCUT2D eigenvalue weighted by Gasteiger charge is -2.11. The first-order valence-electron chi connectivity index (χ1n) is 8.71. The third-order valence-corrected chi connectivity index (χ3v) is 4.60. The van der Waals surface area contributed by atoms with E-state index in [0.717, 1.165) is 40.6 Å². The number of nitrogens with zero attached hydrogens (tertiary/aromatic N) is 1. The van der Waals surface area contributed by atoms with Crippen LogP contribution in [0.1, 0.15) is 29.8 Å². The van der Waals surface area contributed by atoms with Crippen molar-refractivity contribution in [3.8, 4) is 5.75 Å². The highest BCUT2D eigenvalue weighted by atomic mass is 19.1. The molecule has 0 spiro atoms. The van der Waals surface area contributed by atoms with Gasteiger partial charge in [0.25, 0.3) is 0 Å². The molecular formula is C22H18F2N2O. The summed E-state index contributed by atoms with van der Waals surface area (Å²) in [4.78, 5) is 7.99. The summed E-state index contributed by atoms with van der Waals surface area (Å²) in [6.07, 6.45) is 0. The van der Waals surface area contributed by atoms with Crippen LogP contribution >= 0.6 is 0 Å². The number of ether oxygens (including phenoxy) is 1. The van der Waals surface area contributed by atoms with Crippen molar-refractivity contribution in [2.75, 3.05) is 0 Å². The lowest BCUT2D eigenvalue weighted by atomic mass is 10.0. The summed E-state index contributed by atoms with van der Waals surface area (Å²) in [6, 6.07) is 18.8. The van der Waals surface area contributed by atoms with Crippen LogP contribution in [0.4, 0.5) is 8.78 Å². The van der Waals surface area contributed by atoms with Gasteiger partial charge in [0.2, 0.25) is 0 Å². The smallest absolute Gasteiger partial charge is 0.130 e. The molecule has 0 aliphatic rings. The van der Waals surface area contributed by atoms with Gasteiger partial charge in [-0.2, -0.15) is 0 Å². The Morgan fingerprint density at radius 3 is 2.56 bits per heavy atom. The van der Waals surface area contributed by atoms with Crippen LogP contribution < -0.4 is 4.74 Å². The summed E-state index contributed by atoms with van der Waals surface area (Å²) in [7, 11) is 0. The minimum atomic E-state index is -0.481. The van der Waals surface area contributed by atoms with Gasteiger partial charge in [-0.05, 0) is 48.0 Å². The first kappa shape index (κ1) is 17.2. The minimum absolute atomic E-state index is 0.0257. The maximum absolute atomic E-state index is 13.7. The molecule has 1 aromatic heterocycles. The van der Waals surface area contributed by atoms with Gasteiger partial charge < -0.3 is 9.72 Å². The molecule has 4 rings (SSSR count). The Labute approximate surface area is 155 Å². The van der Waals surface area contributed by atoms with E-state index >= 15 is 0 Å². The molecule has 0 amide bonds. The van der Waals surface area contributed by atoms with Crippen LogP contribution in [0.2, 0.25) is 0 Å².